The summed E-state index contributed by atoms with van der Waals surface area (Å²) in [5.41, 5.74) is 0.642. The lowest BCUT2D eigenvalue weighted by atomic mass is 10.0. The predicted molar refractivity (Wildman–Crippen MR) is 71.6 cm³/mol. The Balaban J connectivity index is 1.93. The van der Waals surface area contributed by atoms with Crippen molar-refractivity contribution in [1.29, 1.82) is 0 Å². The number of nitrogens with one attached hydrogen (secondary N) is 2. The summed E-state index contributed by atoms with van der Waals surface area (Å²) in [6, 6.07) is 6.52. The Morgan fingerprint density at radius 1 is 1.28 bits per heavy atom. The molecule has 0 saturated carbocycles. The lowest BCUT2D eigenvalue weighted by molar-refractivity contribution is -0.118. The van der Waals surface area contributed by atoms with Gasteiger partial charge in [-0.15, -0.1) is 0 Å². The molecule has 1 atom stereocenters. The first kappa shape index (κ1) is 12.9. The number of aromatic hydroxyl groups is 1. The number of phenols is 1. The van der Waals surface area contributed by atoms with E-state index >= 15 is 0 Å². The van der Waals surface area contributed by atoms with Crippen LogP contribution in [0.5, 0.6) is 5.75 Å². The van der Waals surface area contributed by atoms with E-state index in [1.54, 1.807) is 24.3 Å². The van der Waals surface area contributed by atoms with Crippen LogP contribution in [0.1, 0.15) is 32.1 Å². The van der Waals surface area contributed by atoms with Crippen LogP contribution in [0.2, 0.25) is 0 Å². The summed E-state index contributed by atoms with van der Waals surface area (Å²) < 4.78 is 0. The van der Waals surface area contributed by atoms with E-state index in [9.17, 15) is 9.90 Å². The third-order valence-corrected chi connectivity index (χ3v) is 3.24. The van der Waals surface area contributed by atoms with Crippen LogP contribution in [0.25, 0.3) is 0 Å². The van der Waals surface area contributed by atoms with Gasteiger partial charge < -0.3 is 15.7 Å². The molecule has 1 aromatic carbocycles. The number of carbonyl (C=O) groups excluding carboxylic acids is 1. The molecule has 1 unspecified atom stereocenters. The molecule has 18 heavy (non-hydrogen) atoms. The molecule has 1 aromatic rings. The van der Waals surface area contributed by atoms with Gasteiger partial charge in [-0.2, -0.15) is 0 Å². The van der Waals surface area contributed by atoms with Crippen molar-refractivity contribution in [3.8, 4) is 5.75 Å². The van der Waals surface area contributed by atoms with Crippen LogP contribution in [0.15, 0.2) is 24.3 Å². The Morgan fingerprint density at radius 2 is 2.11 bits per heavy atom. The van der Waals surface area contributed by atoms with Crippen LogP contribution in [-0.4, -0.2) is 23.6 Å². The van der Waals surface area contributed by atoms with Crippen LogP contribution in [0.4, 0.5) is 5.69 Å². The molecule has 4 nitrogen and oxygen atoms in total. The molecule has 0 bridgehead atoms. The van der Waals surface area contributed by atoms with Crippen molar-refractivity contribution in [2.24, 2.45) is 0 Å². The fourth-order valence-corrected chi connectivity index (χ4v) is 2.24. The fraction of sp³-hybridized carbons (Fsp3) is 0.500. The molecule has 1 fully saturated rings. The molecule has 1 amide bonds. The van der Waals surface area contributed by atoms with Gasteiger partial charge in [0.2, 0.25) is 5.91 Å². The number of anilines is 1. The number of carbonyl (C=O) groups is 1. The van der Waals surface area contributed by atoms with E-state index in [0.717, 1.165) is 25.8 Å². The van der Waals surface area contributed by atoms with E-state index in [4.69, 9.17) is 0 Å². The zero-order chi connectivity index (χ0) is 12.8. The lowest BCUT2D eigenvalue weighted by Crippen LogP contribution is -2.41. The average molecular weight is 248 g/mol. The second-order valence-corrected chi connectivity index (χ2v) is 4.75. The highest BCUT2D eigenvalue weighted by molar-refractivity contribution is 5.94. The molecule has 2 rings (SSSR count). The SMILES string of the molecule is O=C(Nc1cccc(O)c1)C1CCCCCCN1. The Hall–Kier alpha value is -1.55. The van der Waals surface area contributed by atoms with Crippen molar-refractivity contribution in [3.05, 3.63) is 24.3 Å². The number of hydrogen-bond acceptors (Lipinski definition) is 3. The molecular formula is C14H20N2O2. The molecular weight excluding hydrogens is 228 g/mol. The first-order chi connectivity index (χ1) is 8.75. The first-order valence-corrected chi connectivity index (χ1v) is 6.59. The van der Waals surface area contributed by atoms with Gasteiger partial charge in [-0.05, 0) is 31.5 Å². The number of hydrogen-bond donors (Lipinski definition) is 3. The van der Waals surface area contributed by atoms with Crippen molar-refractivity contribution >= 4 is 11.6 Å². The molecule has 0 aromatic heterocycles. The highest BCUT2D eigenvalue weighted by Gasteiger charge is 2.18. The third-order valence-electron chi connectivity index (χ3n) is 3.24. The lowest BCUT2D eigenvalue weighted by Gasteiger charge is -2.20. The van der Waals surface area contributed by atoms with Gasteiger partial charge in [0.25, 0.3) is 0 Å². The molecule has 1 aliphatic heterocycles. The number of amides is 1. The molecule has 98 valence electrons. The Labute approximate surface area is 107 Å². The summed E-state index contributed by atoms with van der Waals surface area (Å²) in [5, 5.41) is 15.5. The van der Waals surface area contributed by atoms with Crippen molar-refractivity contribution in [2.45, 2.75) is 38.1 Å². The van der Waals surface area contributed by atoms with Gasteiger partial charge >= 0.3 is 0 Å². The van der Waals surface area contributed by atoms with Crippen molar-refractivity contribution < 1.29 is 9.90 Å². The smallest absolute Gasteiger partial charge is 0.241 e. The van der Waals surface area contributed by atoms with Crippen LogP contribution < -0.4 is 10.6 Å². The highest BCUT2D eigenvalue weighted by atomic mass is 16.3. The number of rotatable bonds is 2. The van der Waals surface area contributed by atoms with Crippen LogP contribution in [0.3, 0.4) is 0 Å². The standard InChI is InChI=1S/C14H20N2O2/c17-12-7-5-6-11(10-12)16-14(18)13-8-3-1-2-4-9-15-13/h5-7,10,13,15,17H,1-4,8-9H2,(H,16,18). The van der Waals surface area contributed by atoms with Gasteiger partial charge in [0.15, 0.2) is 0 Å². The first-order valence-electron chi connectivity index (χ1n) is 6.59. The quantitative estimate of drug-likeness (QED) is 0.752. The minimum atomic E-state index is -0.118. The van der Waals surface area contributed by atoms with Crippen molar-refractivity contribution in [1.82, 2.24) is 5.32 Å². The molecule has 3 N–H and O–H groups in total. The van der Waals surface area contributed by atoms with Crippen LogP contribution >= 0.6 is 0 Å². The van der Waals surface area contributed by atoms with Crippen molar-refractivity contribution in [3.63, 3.8) is 0 Å². The second-order valence-electron chi connectivity index (χ2n) is 4.75. The van der Waals surface area contributed by atoms with E-state index in [0.29, 0.717) is 5.69 Å². The summed E-state index contributed by atoms with van der Waals surface area (Å²) in [6.45, 7) is 0.901. The molecule has 0 spiro atoms. The highest BCUT2D eigenvalue weighted by Crippen LogP contribution is 2.16. The number of benzene rings is 1. The molecule has 1 aliphatic rings. The second kappa shape index (κ2) is 6.40. The van der Waals surface area contributed by atoms with Gasteiger partial charge in [0, 0.05) is 11.8 Å². The number of phenolic OH excluding ortho intramolecular Hbond substituents is 1. The summed E-state index contributed by atoms with van der Waals surface area (Å²) in [4.78, 5) is 12.1. The Bertz CT molecular complexity index is 399. The molecule has 4 heteroatoms. The summed E-state index contributed by atoms with van der Waals surface area (Å²) in [7, 11) is 0. The largest absolute Gasteiger partial charge is 0.508 e. The minimum absolute atomic E-state index is 0.0116. The van der Waals surface area contributed by atoms with Crippen LogP contribution in [-0.2, 0) is 4.79 Å². The Kier molecular flexibility index (Phi) is 4.59. The fourth-order valence-electron chi connectivity index (χ4n) is 2.24. The average Bonchev–Trinajstić information content (AvgIpc) is 2.28. The van der Waals surface area contributed by atoms with E-state index in [1.165, 1.54) is 12.8 Å². The van der Waals surface area contributed by atoms with E-state index in [1.807, 2.05) is 0 Å². The molecule has 1 heterocycles. The normalized spacial score (nSPS) is 20.8. The Morgan fingerprint density at radius 3 is 2.94 bits per heavy atom. The van der Waals surface area contributed by atoms with E-state index in [2.05, 4.69) is 10.6 Å². The van der Waals surface area contributed by atoms with E-state index in [-0.39, 0.29) is 17.7 Å². The maximum absolute atomic E-state index is 12.1. The molecule has 1 saturated heterocycles. The predicted octanol–water partition coefficient (Wildman–Crippen LogP) is 2.25. The third kappa shape index (κ3) is 3.74. The zero-order valence-electron chi connectivity index (χ0n) is 10.5. The minimum Gasteiger partial charge on any atom is -0.508 e. The monoisotopic (exact) mass is 248 g/mol. The molecule has 0 radical (unpaired) electrons. The van der Waals surface area contributed by atoms with E-state index < -0.39 is 0 Å². The summed E-state index contributed by atoms with van der Waals surface area (Å²) in [5.74, 6) is 0.154. The van der Waals surface area contributed by atoms with Gasteiger partial charge in [0.05, 0.1) is 6.04 Å². The maximum atomic E-state index is 12.1. The topological polar surface area (TPSA) is 61.4 Å². The zero-order valence-corrected chi connectivity index (χ0v) is 10.5. The molecule has 0 aliphatic carbocycles. The van der Waals surface area contributed by atoms with Crippen molar-refractivity contribution in [2.75, 3.05) is 11.9 Å². The van der Waals surface area contributed by atoms with Gasteiger partial charge in [-0.3, -0.25) is 4.79 Å². The maximum Gasteiger partial charge on any atom is 0.241 e. The summed E-state index contributed by atoms with van der Waals surface area (Å²) in [6.07, 6.45) is 5.55. The van der Waals surface area contributed by atoms with Gasteiger partial charge in [0.1, 0.15) is 5.75 Å². The van der Waals surface area contributed by atoms with Gasteiger partial charge in [-0.25, -0.2) is 0 Å². The summed E-state index contributed by atoms with van der Waals surface area (Å²) >= 11 is 0. The van der Waals surface area contributed by atoms with Gasteiger partial charge in [-0.1, -0.05) is 25.3 Å². The van der Waals surface area contributed by atoms with Crippen LogP contribution in [0, 0.1) is 0 Å².